The van der Waals surface area contributed by atoms with Crippen molar-refractivity contribution in [3.63, 3.8) is 0 Å². The van der Waals surface area contributed by atoms with E-state index in [1.807, 2.05) is 11.0 Å². The second kappa shape index (κ2) is 10.9. The van der Waals surface area contributed by atoms with Crippen LogP contribution in [0.1, 0.15) is 50.5 Å². The van der Waals surface area contributed by atoms with Crippen molar-refractivity contribution in [2.75, 3.05) is 49.5 Å². The van der Waals surface area contributed by atoms with Gasteiger partial charge < -0.3 is 24.4 Å². The van der Waals surface area contributed by atoms with Crippen molar-refractivity contribution in [1.29, 1.82) is 0 Å². The van der Waals surface area contributed by atoms with Gasteiger partial charge in [0.1, 0.15) is 5.82 Å². The smallest absolute Gasteiger partial charge is 0.291 e. The van der Waals surface area contributed by atoms with E-state index in [1.54, 1.807) is 35.2 Å². The van der Waals surface area contributed by atoms with Crippen LogP contribution in [0.3, 0.4) is 0 Å². The van der Waals surface area contributed by atoms with Gasteiger partial charge in [-0.05, 0) is 67.8 Å². The van der Waals surface area contributed by atoms with Crippen LogP contribution in [0.5, 0.6) is 0 Å². The second-order valence-electron chi connectivity index (χ2n) is 9.31. The van der Waals surface area contributed by atoms with Gasteiger partial charge in [0.05, 0.1) is 11.8 Å². The number of carbonyl (C=O) groups is 3. The van der Waals surface area contributed by atoms with Crippen LogP contribution in [-0.2, 0) is 0 Å². The predicted molar refractivity (Wildman–Crippen MR) is 137 cm³/mol. The molecular formula is C28H29FN4O4. The minimum atomic E-state index is -0.440. The van der Waals surface area contributed by atoms with Crippen molar-refractivity contribution < 1.29 is 23.2 Å². The van der Waals surface area contributed by atoms with Gasteiger partial charge in [-0.15, -0.1) is 0 Å². The summed E-state index contributed by atoms with van der Waals surface area (Å²) in [4.78, 5) is 44.6. The van der Waals surface area contributed by atoms with E-state index in [-0.39, 0.29) is 17.6 Å². The summed E-state index contributed by atoms with van der Waals surface area (Å²) in [6.07, 6.45) is 4.48. The van der Waals surface area contributed by atoms with E-state index in [2.05, 4.69) is 10.2 Å². The number of hydrogen-bond donors (Lipinski definition) is 1. The van der Waals surface area contributed by atoms with Crippen molar-refractivity contribution in [3.05, 3.63) is 83.6 Å². The Morgan fingerprint density at radius 2 is 1.54 bits per heavy atom. The summed E-state index contributed by atoms with van der Waals surface area (Å²) in [7, 11) is 0. The topological polar surface area (TPSA) is 86.1 Å². The Kier molecular flexibility index (Phi) is 7.20. The molecule has 2 aliphatic heterocycles. The fourth-order valence-corrected chi connectivity index (χ4v) is 4.88. The molecule has 3 amide bonds. The largest absolute Gasteiger partial charge is 0.459 e. The summed E-state index contributed by atoms with van der Waals surface area (Å²) >= 11 is 0. The van der Waals surface area contributed by atoms with Gasteiger partial charge >= 0.3 is 0 Å². The van der Waals surface area contributed by atoms with Gasteiger partial charge in [-0.2, -0.15) is 0 Å². The Bertz CT molecular complexity index is 1280. The zero-order valence-electron chi connectivity index (χ0n) is 20.5. The highest BCUT2D eigenvalue weighted by atomic mass is 19.1. The summed E-state index contributed by atoms with van der Waals surface area (Å²) < 4.78 is 18.8. The van der Waals surface area contributed by atoms with Gasteiger partial charge in [-0.1, -0.05) is 6.07 Å². The molecule has 9 heteroatoms. The standard InChI is InChI=1S/C28H29FN4O4/c29-21-7-4-6-20(18-21)27(35)33-15-13-31(14-16-33)24-10-9-22(30-26(34)25-8-5-17-37-25)19-23(24)28(36)32-11-2-1-3-12-32/h4-10,17-19H,1-3,11-16H2,(H,30,34). The summed E-state index contributed by atoms with van der Waals surface area (Å²) in [5, 5.41) is 2.81. The van der Waals surface area contributed by atoms with Gasteiger partial charge in [-0.25, -0.2) is 4.39 Å². The van der Waals surface area contributed by atoms with Crippen LogP contribution in [0, 0.1) is 5.82 Å². The maximum atomic E-state index is 13.6. The quantitative estimate of drug-likeness (QED) is 0.561. The summed E-state index contributed by atoms with van der Waals surface area (Å²) in [5.41, 5.74) is 2.12. The Morgan fingerprint density at radius 3 is 2.24 bits per heavy atom. The zero-order valence-corrected chi connectivity index (χ0v) is 20.5. The summed E-state index contributed by atoms with van der Waals surface area (Å²) in [6, 6.07) is 14.3. The molecule has 0 unspecified atom stereocenters. The molecular weight excluding hydrogens is 475 g/mol. The SMILES string of the molecule is O=C(Nc1ccc(N2CCN(C(=O)c3cccc(F)c3)CC2)c(C(=O)N2CCCCC2)c1)c1ccco1. The molecule has 192 valence electrons. The number of furan rings is 1. The van der Waals surface area contributed by atoms with Crippen LogP contribution in [0.25, 0.3) is 0 Å². The van der Waals surface area contributed by atoms with Crippen molar-refractivity contribution >= 4 is 29.1 Å². The number of nitrogens with zero attached hydrogens (tertiary/aromatic N) is 3. The Labute approximate surface area is 214 Å². The average molecular weight is 505 g/mol. The monoisotopic (exact) mass is 504 g/mol. The van der Waals surface area contributed by atoms with Crippen molar-refractivity contribution in [1.82, 2.24) is 9.80 Å². The highest BCUT2D eigenvalue weighted by molar-refractivity contribution is 6.05. The number of halogens is 1. The van der Waals surface area contributed by atoms with E-state index in [9.17, 15) is 18.8 Å². The van der Waals surface area contributed by atoms with Crippen LogP contribution in [0.2, 0.25) is 0 Å². The fourth-order valence-electron chi connectivity index (χ4n) is 4.88. The molecule has 2 aromatic carbocycles. The summed E-state index contributed by atoms with van der Waals surface area (Å²) in [6.45, 7) is 3.36. The van der Waals surface area contributed by atoms with E-state index in [1.165, 1.54) is 24.5 Å². The number of nitrogens with one attached hydrogen (secondary N) is 1. The number of piperazine rings is 1. The third-order valence-corrected chi connectivity index (χ3v) is 6.85. The lowest BCUT2D eigenvalue weighted by atomic mass is 10.1. The molecule has 0 spiro atoms. The third kappa shape index (κ3) is 5.50. The number of anilines is 2. The molecule has 0 saturated carbocycles. The lowest BCUT2D eigenvalue weighted by molar-refractivity contribution is 0.0718. The second-order valence-corrected chi connectivity index (χ2v) is 9.31. The van der Waals surface area contributed by atoms with E-state index in [4.69, 9.17) is 4.42 Å². The highest BCUT2D eigenvalue weighted by Crippen LogP contribution is 2.28. The molecule has 0 aliphatic carbocycles. The number of likely N-dealkylation sites (tertiary alicyclic amines) is 1. The Balaban J connectivity index is 1.35. The molecule has 3 aromatic rings. The molecule has 0 radical (unpaired) electrons. The van der Waals surface area contributed by atoms with E-state index < -0.39 is 11.7 Å². The molecule has 8 nitrogen and oxygen atoms in total. The van der Waals surface area contributed by atoms with Crippen LogP contribution < -0.4 is 10.2 Å². The first-order chi connectivity index (χ1) is 18.0. The van der Waals surface area contributed by atoms with Crippen molar-refractivity contribution in [3.8, 4) is 0 Å². The first-order valence-electron chi connectivity index (χ1n) is 12.6. The molecule has 5 rings (SSSR count). The summed E-state index contributed by atoms with van der Waals surface area (Å²) in [5.74, 6) is -0.919. The zero-order chi connectivity index (χ0) is 25.8. The minimum absolute atomic E-state index is 0.0675. The van der Waals surface area contributed by atoms with Crippen molar-refractivity contribution in [2.24, 2.45) is 0 Å². The number of piperidine rings is 1. The normalized spacial score (nSPS) is 16.0. The fraction of sp³-hybridized carbons (Fsp3) is 0.321. The molecule has 1 aromatic heterocycles. The first kappa shape index (κ1) is 24.5. The Hall–Kier alpha value is -4.14. The van der Waals surface area contributed by atoms with E-state index in [0.717, 1.165) is 24.9 Å². The molecule has 0 bridgehead atoms. The molecule has 0 atom stereocenters. The number of amides is 3. The average Bonchev–Trinajstić information content (AvgIpc) is 3.48. The molecule has 2 fully saturated rings. The molecule has 37 heavy (non-hydrogen) atoms. The predicted octanol–water partition coefficient (Wildman–Crippen LogP) is 4.26. The van der Waals surface area contributed by atoms with Crippen LogP contribution in [0.4, 0.5) is 15.8 Å². The molecule has 3 heterocycles. The van der Waals surface area contributed by atoms with Gasteiger partial charge in [0, 0.05) is 56.2 Å². The minimum Gasteiger partial charge on any atom is -0.459 e. The number of benzene rings is 2. The van der Waals surface area contributed by atoms with Gasteiger partial charge in [0.2, 0.25) is 0 Å². The number of hydrogen-bond acceptors (Lipinski definition) is 5. The van der Waals surface area contributed by atoms with Gasteiger partial charge in [0.15, 0.2) is 5.76 Å². The Morgan fingerprint density at radius 1 is 0.784 bits per heavy atom. The number of rotatable bonds is 5. The first-order valence-corrected chi connectivity index (χ1v) is 12.6. The van der Waals surface area contributed by atoms with Crippen LogP contribution in [-0.4, -0.2) is 66.8 Å². The van der Waals surface area contributed by atoms with Gasteiger partial charge in [0.25, 0.3) is 17.7 Å². The van der Waals surface area contributed by atoms with Crippen LogP contribution >= 0.6 is 0 Å². The lowest BCUT2D eigenvalue weighted by Crippen LogP contribution is -2.49. The molecule has 2 aliphatic rings. The van der Waals surface area contributed by atoms with E-state index >= 15 is 0 Å². The third-order valence-electron chi connectivity index (χ3n) is 6.85. The molecule has 2 saturated heterocycles. The highest BCUT2D eigenvalue weighted by Gasteiger charge is 2.28. The maximum absolute atomic E-state index is 13.6. The maximum Gasteiger partial charge on any atom is 0.291 e. The van der Waals surface area contributed by atoms with Crippen LogP contribution in [0.15, 0.2) is 65.3 Å². The van der Waals surface area contributed by atoms with Crippen molar-refractivity contribution in [2.45, 2.75) is 19.3 Å². The van der Waals surface area contributed by atoms with Gasteiger partial charge in [-0.3, -0.25) is 14.4 Å². The number of carbonyl (C=O) groups excluding carboxylic acids is 3. The molecule has 1 N–H and O–H groups in total. The lowest BCUT2D eigenvalue weighted by Gasteiger charge is -2.37. The van der Waals surface area contributed by atoms with E-state index in [0.29, 0.717) is 56.1 Å².